The molecule has 1 heterocycles. The number of pyridine rings is 1. The molecular formula is C17H13BrClNO. The maximum Gasteiger partial charge on any atom is 0.227 e. The van der Waals surface area contributed by atoms with Gasteiger partial charge in [-0.1, -0.05) is 34.1 Å². The lowest BCUT2D eigenvalue weighted by atomic mass is 10.1. The molecular weight excluding hydrogens is 350 g/mol. The van der Waals surface area contributed by atoms with Crippen molar-refractivity contribution in [3.8, 4) is 11.6 Å². The Morgan fingerprint density at radius 3 is 2.71 bits per heavy atom. The second kappa shape index (κ2) is 6.04. The highest BCUT2D eigenvalue weighted by molar-refractivity contribution is 9.10. The van der Waals surface area contributed by atoms with Crippen LogP contribution in [0.5, 0.6) is 11.6 Å². The number of halogens is 2. The van der Waals surface area contributed by atoms with Crippen LogP contribution in [-0.2, 0) is 5.88 Å². The van der Waals surface area contributed by atoms with Gasteiger partial charge < -0.3 is 4.74 Å². The van der Waals surface area contributed by atoms with Crippen molar-refractivity contribution < 1.29 is 4.74 Å². The number of alkyl halides is 1. The summed E-state index contributed by atoms with van der Waals surface area (Å²) in [5.41, 5.74) is 1.85. The van der Waals surface area contributed by atoms with E-state index in [1.165, 1.54) is 0 Å². The highest BCUT2D eigenvalue weighted by atomic mass is 79.9. The van der Waals surface area contributed by atoms with Gasteiger partial charge in [-0.2, -0.15) is 0 Å². The first-order chi connectivity index (χ1) is 10.2. The molecule has 0 aliphatic rings. The van der Waals surface area contributed by atoms with Crippen molar-refractivity contribution in [1.29, 1.82) is 0 Å². The summed E-state index contributed by atoms with van der Waals surface area (Å²) < 4.78 is 7.06. The van der Waals surface area contributed by atoms with Gasteiger partial charge in [-0.15, -0.1) is 11.6 Å². The Bertz CT molecular complexity index is 804. The molecule has 0 saturated carbocycles. The number of nitrogens with zero attached hydrogens (tertiary/aromatic N) is 1. The van der Waals surface area contributed by atoms with E-state index in [4.69, 9.17) is 16.3 Å². The minimum atomic E-state index is 0.362. The molecule has 2 aromatic carbocycles. The molecule has 21 heavy (non-hydrogen) atoms. The van der Waals surface area contributed by atoms with Crippen molar-refractivity contribution >= 4 is 38.3 Å². The second-order valence-electron chi connectivity index (χ2n) is 4.79. The first kappa shape index (κ1) is 14.4. The highest BCUT2D eigenvalue weighted by Crippen LogP contribution is 2.31. The quantitative estimate of drug-likeness (QED) is 0.546. The lowest BCUT2D eigenvalue weighted by Crippen LogP contribution is -1.95. The molecule has 2 nitrogen and oxygen atoms in total. The molecule has 1 aromatic heterocycles. The predicted molar refractivity (Wildman–Crippen MR) is 90.3 cm³/mol. The van der Waals surface area contributed by atoms with E-state index in [1.54, 1.807) is 0 Å². The maximum absolute atomic E-state index is 6.03. The minimum Gasteiger partial charge on any atom is -0.438 e. The molecule has 3 rings (SSSR count). The summed E-state index contributed by atoms with van der Waals surface area (Å²) in [5, 5.41) is 2.06. The fraction of sp³-hybridized carbons (Fsp3) is 0.118. The van der Waals surface area contributed by atoms with Gasteiger partial charge in [-0.05, 0) is 48.2 Å². The lowest BCUT2D eigenvalue weighted by Gasteiger charge is -2.11. The Balaban J connectivity index is 2.10. The number of ether oxygens (including phenoxy) is 1. The maximum atomic E-state index is 6.03. The molecule has 3 aromatic rings. The normalized spacial score (nSPS) is 10.8. The molecule has 0 N–H and O–H groups in total. The van der Waals surface area contributed by atoms with Gasteiger partial charge in [0.15, 0.2) is 0 Å². The third-order valence-corrected chi connectivity index (χ3v) is 4.01. The van der Waals surface area contributed by atoms with Crippen LogP contribution in [0.2, 0.25) is 0 Å². The Hall–Kier alpha value is -1.58. The van der Waals surface area contributed by atoms with E-state index in [-0.39, 0.29) is 0 Å². The fourth-order valence-corrected chi connectivity index (χ4v) is 2.81. The van der Waals surface area contributed by atoms with Crippen LogP contribution in [0.3, 0.4) is 0 Å². The van der Waals surface area contributed by atoms with Crippen molar-refractivity contribution in [3.05, 3.63) is 64.3 Å². The van der Waals surface area contributed by atoms with Crippen LogP contribution in [0.1, 0.15) is 11.3 Å². The van der Waals surface area contributed by atoms with Gasteiger partial charge in [0.2, 0.25) is 5.88 Å². The number of hydrogen-bond donors (Lipinski definition) is 0. The topological polar surface area (TPSA) is 22.1 Å². The lowest BCUT2D eigenvalue weighted by molar-refractivity contribution is 0.464. The average Bonchev–Trinajstić information content (AvgIpc) is 2.49. The summed E-state index contributed by atoms with van der Waals surface area (Å²) in [7, 11) is 0. The average molecular weight is 363 g/mol. The van der Waals surface area contributed by atoms with Gasteiger partial charge in [0.25, 0.3) is 0 Å². The molecule has 0 amide bonds. The number of aromatic nitrogens is 1. The first-order valence-electron chi connectivity index (χ1n) is 6.56. The third kappa shape index (κ3) is 3.04. The molecule has 0 saturated heterocycles. The van der Waals surface area contributed by atoms with Crippen molar-refractivity contribution in [3.63, 3.8) is 0 Å². The molecule has 0 atom stereocenters. The fourth-order valence-electron chi connectivity index (χ4n) is 2.20. The van der Waals surface area contributed by atoms with E-state index in [2.05, 4.69) is 20.9 Å². The summed E-state index contributed by atoms with van der Waals surface area (Å²) in [6.45, 7) is 2.01. The number of benzene rings is 2. The zero-order chi connectivity index (χ0) is 14.8. The SMILES string of the molecule is Cc1cc(Br)ccc1Oc1nc(CCl)cc2ccccc12. The number of fused-ring (bicyclic) bond motifs is 1. The largest absolute Gasteiger partial charge is 0.438 e. The molecule has 0 aliphatic heterocycles. The second-order valence-corrected chi connectivity index (χ2v) is 5.97. The zero-order valence-electron chi connectivity index (χ0n) is 11.4. The van der Waals surface area contributed by atoms with Crippen molar-refractivity contribution in [1.82, 2.24) is 4.98 Å². The third-order valence-electron chi connectivity index (χ3n) is 3.24. The molecule has 0 fully saturated rings. The van der Waals surface area contributed by atoms with Gasteiger partial charge >= 0.3 is 0 Å². The number of hydrogen-bond acceptors (Lipinski definition) is 2. The smallest absolute Gasteiger partial charge is 0.227 e. The summed E-state index contributed by atoms with van der Waals surface area (Å²) in [6.07, 6.45) is 0. The standard InChI is InChI=1S/C17H13BrClNO/c1-11-8-13(18)6-7-16(11)21-17-15-5-3-2-4-12(15)9-14(10-19)20-17/h2-9H,10H2,1H3. The van der Waals surface area contributed by atoms with Gasteiger partial charge in [0.1, 0.15) is 5.75 Å². The van der Waals surface area contributed by atoms with Crippen LogP contribution in [0.25, 0.3) is 10.8 Å². The molecule has 0 radical (unpaired) electrons. The Labute approximate surface area is 136 Å². The van der Waals surface area contributed by atoms with Gasteiger partial charge in [0, 0.05) is 9.86 Å². The van der Waals surface area contributed by atoms with Crippen LogP contribution in [0.4, 0.5) is 0 Å². The van der Waals surface area contributed by atoms with E-state index in [1.807, 2.05) is 55.5 Å². The molecule has 0 spiro atoms. The zero-order valence-corrected chi connectivity index (χ0v) is 13.8. The Morgan fingerprint density at radius 2 is 1.95 bits per heavy atom. The monoisotopic (exact) mass is 361 g/mol. The number of aryl methyl sites for hydroxylation is 1. The molecule has 4 heteroatoms. The minimum absolute atomic E-state index is 0.362. The highest BCUT2D eigenvalue weighted by Gasteiger charge is 2.09. The molecule has 0 bridgehead atoms. The van der Waals surface area contributed by atoms with Gasteiger partial charge in [-0.3, -0.25) is 0 Å². The summed E-state index contributed by atoms with van der Waals surface area (Å²) in [6, 6.07) is 15.9. The summed E-state index contributed by atoms with van der Waals surface area (Å²) in [4.78, 5) is 4.51. The summed E-state index contributed by atoms with van der Waals surface area (Å²) >= 11 is 9.39. The van der Waals surface area contributed by atoms with E-state index in [9.17, 15) is 0 Å². The summed E-state index contributed by atoms with van der Waals surface area (Å²) in [5.74, 6) is 1.75. The van der Waals surface area contributed by atoms with Crippen LogP contribution in [0.15, 0.2) is 53.0 Å². The Morgan fingerprint density at radius 1 is 1.14 bits per heavy atom. The van der Waals surface area contributed by atoms with Crippen LogP contribution in [0, 0.1) is 6.92 Å². The molecule has 106 valence electrons. The molecule has 0 aliphatic carbocycles. The van der Waals surface area contributed by atoms with Gasteiger partial charge in [0.05, 0.1) is 11.6 Å². The van der Waals surface area contributed by atoms with Crippen molar-refractivity contribution in [2.45, 2.75) is 12.8 Å². The van der Waals surface area contributed by atoms with Crippen LogP contribution in [-0.4, -0.2) is 4.98 Å². The first-order valence-corrected chi connectivity index (χ1v) is 7.89. The Kier molecular flexibility index (Phi) is 4.13. The van der Waals surface area contributed by atoms with Crippen molar-refractivity contribution in [2.24, 2.45) is 0 Å². The van der Waals surface area contributed by atoms with Crippen LogP contribution >= 0.6 is 27.5 Å². The van der Waals surface area contributed by atoms with E-state index in [0.717, 1.165) is 32.3 Å². The molecule has 0 unspecified atom stereocenters. The predicted octanol–water partition coefficient (Wildman–Crippen LogP) is 5.84. The van der Waals surface area contributed by atoms with Gasteiger partial charge in [-0.25, -0.2) is 4.98 Å². The van der Waals surface area contributed by atoms with Crippen LogP contribution < -0.4 is 4.74 Å². The van der Waals surface area contributed by atoms with E-state index < -0.39 is 0 Å². The van der Waals surface area contributed by atoms with E-state index in [0.29, 0.717) is 11.8 Å². The van der Waals surface area contributed by atoms with Crippen molar-refractivity contribution in [2.75, 3.05) is 0 Å². The number of rotatable bonds is 3. The van der Waals surface area contributed by atoms with E-state index >= 15 is 0 Å².